The van der Waals surface area contributed by atoms with Crippen molar-refractivity contribution >= 4 is 16.6 Å². The molecule has 0 saturated heterocycles. The zero-order chi connectivity index (χ0) is 13.0. The summed E-state index contributed by atoms with van der Waals surface area (Å²) in [6.07, 6.45) is 0. The first kappa shape index (κ1) is 10.5. The van der Waals surface area contributed by atoms with Crippen LogP contribution in [0, 0.1) is 6.92 Å². The minimum absolute atomic E-state index is 0.149. The van der Waals surface area contributed by atoms with E-state index in [9.17, 15) is 4.79 Å². The normalized spacial score (nSPS) is 12.6. The quantitative estimate of drug-likeness (QED) is 0.449. The summed E-state index contributed by atoms with van der Waals surface area (Å²) in [5.41, 5.74) is 5.00. The van der Waals surface area contributed by atoms with E-state index in [1.54, 1.807) is 0 Å². The average molecular weight is 244 g/mol. The number of ketones is 1. The van der Waals surface area contributed by atoms with Crippen LogP contribution in [-0.2, 0) is 0 Å². The minimum atomic E-state index is 0.149. The molecule has 19 heavy (non-hydrogen) atoms. The number of benzene rings is 3. The molecule has 0 N–H and O–H groups in total. The third-order valence-corrected chi connectivity index (χ3v) is 3.94. The molecule has 90 valence electrons. The Morgan fingerprint density at radius 3 is 2.37 bits per heavy atom. The summed E-state index contributed by atoms with van der Waals surface area (Å²) in [4.78, 5) is 12.4. The Hall–Kier alpha value is -2.41. The van der Waals surface area contributed by atoms with Crippen LogP contribution in [0.2, 0.25) is 0 Å². The number of rotatable bonds is 0. The summed E-state index contributed by atoms with van der Waals surface area (Å²) < 4.78 is 0. The van der Waals surface area contributed by atoms with Gasteiger partial charge in [-0.05, 0) is 46.5 Å². The van der Waals surface area contributed by atoms with Crippen LogP contribution in [0.3, 0.4) is 0 Å². The molecule has 0 fully saturated rings. The standard InChI is InChI=1S/C18H12O/c1-11-5-4-6-12-9-16-13-7-2-3-8-14(13)18(19)17(16)10-15(11)12/h2-10H,1H3. The molecule has 0 amide bonds. The monoisotopic (exact) mass is 244 g/mol. The summed E-state index contributed by atoms with van der Waals surface area (Å²) in [7, 11) is 0. The molecule has 1 heteroatoms. The van der Waals surface area contributed by atoms with Gasteiger partial charge in [-0.15, -0.1) is 0 Å². The highest BCUT2D eigenvalue weighted by Crippen LogP contribution is 2.39. The second kappa shape index (κ2) is 3.55. The van der Waals surface area contributed by atoms with Crippen LogP contribution in [0.1, 0.15) is 21.5 Å². The second-order valence-corrected chi connectivity index (χ2v) is 5.07. The predicted molar refractivity (Wildman–Crippen MR) is 77.6 cm³/mol. The fraction of sp³-hybridized carbons (Fsp3) is 0.0556. The lowest BCUT2D eigenvalue weighted by atomic mass is 9.98. The molecule has 3 aromatic rings. The first-order valence-electron chi connectivity index (χ1n) is 6.43. The smallest absolute Gasteiger partial charge is 0.194 e. The first-order chi connectivity index (χ1) is 9.25. The molecule has 4 rings (SSSR count). The molecule has 3 aromatic carbocycles. The van der Waals surface area contributed by atoms with E-state index in [0.717, 1.165) is 22.3 Å². The van der Waals surface area contributed by atoms with E-state index in [-0.39, 0.29) is 5.78 Å². The van der Waals surface area contributed by atoms with E-state index in [1.165, 1.54) is 16.3 Å². The van der Waals surface area contributed by atoms with Gasteiger partial charge in [0.2, 0.25) is 0 Å². The highest BCUT2D eigenvalue weighted by molar-refractivity contribution is 6.23. The Kier molecular flexibility index (Phi) is 1.96. The number of fused-ring (bicyclic) bond motifs is 4. The number of carbonyl (C=O) groups excluding carboxylic acids is 1. The molecule has 0 heterocycles. The largest absolute Gasteiger partial charge is 0.289 e. The topological polar surface area (TPSA) is 17.1 Å². The summed E-state index contributed by atoms with van der Waals surface area (Å²) in [5.74, 6) is 0.149. The van der Waals surface area contributed by atoms with E-state index in [4.69, 9.17) is 0 Å². The van der Waals surface area contributed by atoms with E-state index in [2.05, 4.69) is 31.2 Å². The van der Waals surface area contributed by atoms with Gasteiger partial charge in [0.25, 0.3) is 0 Å². The first-order valence-corrected chi connectivity index (χ1v) is 6.43. The Labute approximate surface area is 111 Å². The van der Waals surface area contributed by atoms with Gasteiger partial charge in [0.05, 0.1) is 0 Å². The minimum Gasteiger partial charge on any atom is -0.289 e. The lowest BCUT2D eigenvalue weighted by Crippen LogP contribution is -1.94. The van der Waals surface area contributed by atoms with E-state index >= 15 is 0 Å². The van der Waals surface area contributed by atoms with Crippen LogP contribution in [0.25, 0.3) is 21.9 Å². The molecule has 0 aromatic heterocycles. The van der Waals surface area contributed by atoms with E-state index in [1.807, 2.05) is 30.3 Å². The van der Waals surface area contributed by atoms with Gasteiger partial charge in [-0.3, -0.25) is 4.79 Å². The van der Waals surface area contributed by atoms with Crippen molar-refractivity contribution in [3.8, 4) is 11.1 Å². The van der Waals surface area contributed by atoms with Crippen LogP contribution < -0.4 is 0 Å². The van der Waals surface area contributed by atoms with Crippen LogP contribution in [0.15, 0.2) is 54.6 Å². The molecule has 1 nitrogen and oxygen atoms in total. The predicted octanol–water partition coefficient (Wildman–Crippen LogP) is 4.36. The third kappa shape index (κ3) is 1.33. The van der Waals surface area contributed by atoms with Crippen LogP contribution in [-0.4, -0.2) is 5.78 Å². The molecular weight excluding hydrogens is 232 g/mol. The van der Waals surface area contributed by atoms with Gasteiger partial charge < -0.3 is 0 Å². The summed E-state index contributed by atoms with van der Waals surface area (Å²) in [6, 6.07) is 18.3. The van der Waals surface area contributed by atoms with Crippen molar-refractivity contribution in [1.29, 1.82) is 0 Å². The van der Waals surface area contributed by atoms with Crippen molar-refractivity contribution in [2.24, 2.45) is 0 Å². The van der Waals surface area contributed by atoms with Gasteiger partial charge in [-0.25, -0.2) is 0 Å². The number of hydrogen-bond donors (Lipinski definition) is 0. The zero-order valence-electron chi connectivity index (χ0n) is 10.6. The zero-order valence-corrected chi connectivity index (χ0v) is 10.6. The van der Waals surface area contributed by atoms with Gasteiger partial charge >= 0.3 is 0 Å². The van der Waals surface area contributed by atoms with Crippen LogP contribution >= 0.6 is 0 Å². The lowest BCUT2D eigenvalue weighted by molar-refractivity contribution is 0.104. The van der Waals surface area contributed by atoms with Crippen LogP contribution in [0.5, 0.6) is 0 Å². The Morgan fingerprint density at radius 1 is 0.737 bits per heavy atom. The van der Waals surface area contributed by atoms with Crippen molar-refractivity contribution in [1.82, 2.24) is 0 Å². The molecular formula is C18H12O. The number of hydrogen-bond acceptors (Lipinski definition) is 1. The highest BCUT2D eigenvalue weighted by atomic mass is 16.1. The van der Waals surface area contributed by atoms with Crippen molar-refractivity contribution in [2.45, 2.75) is 6.92 Å². The fourth-order valence-electron chi connectivity index (χ4n) is 2.95. The van der Waals surface area contributed by atoms with Crippen molar-refractivity contribution in [3.05, 3.63) is 71.3 Å². The van der Waals surface area contributed by atoms with Gasteiger partial charge in [0.15, 0.2) is 5.78 Å². The summed E-state index contributed by atoms with van der Waals surface area (Å²) in [6.45, 7) is 2.08. The Bertz CT molecular complexity index is 843. The van der Waals surface area contributed by atoms with Gasteiger partial charge in [-0.2, -0.15) is 0 Å². The molecule has 0 aliphatic heterocycles. The van der Waals surface area contributed by atoms with E-state index < -0.39 is 0 Å². The molecule has 1 aliphatic carbocycles. The maximum Gasteiger partial charge on any atom is 0.194 e. The molecule has 0 radical (unpaired) electrons. The maximum atomic E-state index is 12.4. The second-order valence-electron chi connectivity index (χ2n) is 5.07. The van der Waals surface area contributed by atoms with Gasteiger partial charge in [0, 0.05) is 11.1 Å². The molecule has 0 spiro atoms. The maximum absolute atomic E-state index is 12.4. The molecule has 0 atom stereocenters. The molecule has 0 saturated carbocycles. The van der Waals surface area contributed by atoms with E-state index in [0.29, 0.717) is 0 Å². The van der Waals surface area contributed by atoms with Crippen molar-refractivity contribution in [2.75, 3.05) is 0 Å². The third-order valence-electron chi connectivity index (χ3n) is 3.94. The summed E-state index contributed by atoms with van der Waals surface area (Å²) in [5, 5.41) is 2.37. The molecule has 0 bridgehead atoms. The van der Waals surface area contributed by atoms with Gasteiger partial charge in [0.1, 0.15) is 0 Å². The van der Waals surface area contributed by atoms with Crippen molar-refractivity contribution in [3.63, 3.8) is 0 Å². The lowest BCUT2D eigenvalue weighted by Gasteiger charge is -2.05. The number of aryl methyl sites for hydroxylation is 1. The molecule has 1 aliphatic rings. The Morgan fingerprint density at radius 2 is 1.53 bits per heavy atom. The average Bonchev–Trinajstić information content (AvgIpc) is 2.72. The van der Waals surface area contributed by atoms with Crippen molar-refractivity contribution < 1.29 is 4.79 Å². The van der Waals surface area contributed by atoms with Gasteiger partial charge in [-0.1, -0.05) is 42.5 Å². The number of carbonyl (C=O) groups is 1. The fourth-order valence-corrected chi connectivity index (χ4v) is 2.95. The summed E-state index contributed by atoms with van der Waals surface area (Å²) >= 11 is 0. The molecule has 0 unspecified atom stereocenters. The Balaban J connectivity index is 2.14. The highest BCUT2D eigenvalue weighted by Gasteiger charge is 2.26. The SMILES string of the molecule is Cc1cccc2cc3c(cc12)C(=O)c1ccccc1-3. The van der Waals surface area contributed by atoms with Crippen LogP contribution in [0.4, 0.5) is 0 Å².